The Hall–Kier alpha value is -3.54. The third kappa shape index (κ3) is 5.08. The first-order valence-electron chi connectivity index (χ1n) is 9.51. The molecule has 0 saturated carbocycles. The number of halogens is 1. The smallest absolute Gasteiger partial charge is 0.251 e. The lowest BCUT2D eigenvalue weighted by Crippen LogP contribution is -2.26. The van der Waals surface area contributed by atoms with Crippen LogP contribution in [0.15, 0.2) is 66.7 Å². The quantitative estimate of drug-likeness (QED) is 0.574. The van der Waals surface area contributed by atoms with Crippen molar-refractivity contribution in [2.24, 2.45) is 0 Å². The normalized spacial score (nSPS) is 11.5. The van der Waals surface area contributed by atoms with Crippen molar-refractivity contribution in [3.05, 3.63) is 89.2 Å². The van der Waals surface area contributed by atoms with Gasteiger partial charge in [0.1, 0.15) is 6.61 Å². The second-order valence-corrected chi connectivity index (χ2v) is 6.73. The van der Waals surface area contributed by atoms with Crippen LogP contribution in [-0.2, 0) is 6.61 Å². The average Bonchev–Trinajstić information content (AvgIpc) is 2.78. The standard InChI is InChI=1S/C24H24FNO4/c1-16(18-9-11-21(28-2)20(25)13-18)26-24(27)19-10-12-22(23(14-19)29-3)30-15-17-7-5-4-6-8-17/h4-14,16H,15H2,1-3H3,(H,26,27). The molecule has 3 aromatic rings. The van der Waals surface area contributed by atoms with Crippen molar-refractivity contribution in [1.29, 1.82) is 0 Å². The van der Waals surface area contributed by atoms with Crippen LogP contribution in [0.2, 0.25) is 0 Å². The lowest BCUT2D eigenvalue weighted by Gasteiger charge is -2.16. The zero-order chi connectivity index (χ0) is 21.5. The minimum absolute atomic E-state index is 0.160. The van der Waals surface area contributed by atoms with Gasteiger partial charge in [-0.2, -0.15) is 0 Å². The van der Waals surface area contributed by atoms with Gasteiger partial charge in [-0.15, -0.1) is 0 Å². The van der Waals surface area contributed by atoms with E-state index in [4.69, 9.17) is 14.2 Å². The molecule has 0 heterocycles. The molecule has 1 unspecified atom stereocenters. The van der Waals surface area contributed by atoms with E-state index in [0.29, 0.717) is 29.2 Å². The third-order valence-corrected chi connectivity index (χ3v) is 4.69. The largest absolute Gasteiger partial charge is 0.494 e. The molecular formula is C24H24FNO4. The fourth-order valence-corrected chi connectivity index (χ4v) is 2.98. The van der Waals surface area contributed by atoms with E-state index in [-0.39, 0.29) is 11.7 Å². The molecule has 6 heteroatoms. The number of rotatable bonds is 8. The van der Waals surface area contributed by atoms with E-state index in [1.807, 2.05) is 30.3 Å². The molecule has 1 atom stereocenters. The van der Waals surface area contributed by atoms with Crippen molar-refractivity contribution >= 4 is 5.91 Å². The predicted octanol–water partition coefficient (Wildman–Crippen LogP) is 4.91. The number of hydrogen-bond donors (Lipinski definition) is 1. The summed E-state index contributed by atoms with van der Waals surface area (Å²) in [6.07, 6.45) is 0. The van der Waals surface area contributed by atoms with Crippen LogP contribution in [0.1, 0.15) is 34.5 Å². The maximum atomic E-state index is 13.9. The number of carbonyl (C=O) groups is 1. The summed E-state index contributed by atoms with van der Waals surface area (Å²) in [5, 5.41) is 2.86. The maximum absolute atomic E-state index is 13.9. The SMILES string of the molecule is COc1ccc(C(C)NC(=O)c2ccc(OCc3ccccc3)c(OC)c2)cc1F. The van der Waals surface area contributed by atoms with Gasteiger partial charge in [-0.05, 0) is 48.4 Å². The monoisotopic (exact) mass is 409 g/mol. The molecule has 156 valence electrons. The van der Waals surface area contributed by atoms with Gasteiger partial charge >= 0.3 is 0 Å². The van der Waals surface area contributed by atoms with Crippen molar-refractivity contribution in [2.75, 3.05) is 14.2 Å². The van der Waals surface area contributed by atoms with Crippen molar-refractivity contribution in [3.63, 3.8) is 0 Å². The van der Waals surface area contributed by atoms with Crippen LogP contribution in [-0.4, -0.2) is 20.1 Å². The number of carbonyl (C=O) groups excluding carboxylic acids is 1. The highest BCUT2D eigenvalue weighted by atomic mass is 19.1. The highest BCUT2D eigenvalue weighted by Crippen LogP contribution is 2.29. The summed E-state index contributed by atoms with van der Waals surface area (Å²) >= 11 is 0. The van der Waals surface area contributed by atoms with Crippen LogP contribution in [0.4, 0.5) is 4.39 Å². The van der Waals surface area contributed by atoms with E-state index in [1.54, 1.807) is 31.2 Å². The number of benzene rings is 3. The van der Waals surface area contributed by atoms with Crippen LogP contribution in [0.5, 0.6) is 17.2 Å². The molecule has 0 spiro atoms. The highest BCUT2D eigenvalue weighted by molar-refractivity contribution is 5.95. The topological polar surface area (TPSA) is 56.8 Å². The summed E-state index contributed by atoms with van der Waals surface area (Å²) < 4.78 is 30.1. The molecule has 0 aliphatic heterocycles. The second kappa shape index (κ2) is 9.78. The molecule has 0 bridgehead atoms. The van der Waals surface area contributed by atoms with Gasteiger partial charge < -0.3 is 19.5 Å². The molecule has 3 aromatic carbocycles. The summed E-state index contributed by atoms with van der Waals surface area (Å²) in [5.74, 6) is 0.391. The molecule has 0 saturated heterocycles. The summed E-state index contributed by atoms with van der Waals surface area (Å²) in [4.78, 5) is 12.7. The first-order chi connectivity index (χ1) is 14.5. The van der Waals surface area contributed by atoms with Gasteiger partial charge in [0.25, 0.3) is 5.91 Å². The Bertz CT molecular complexity index is 1010. The number of amides is 1. The lowest BCUT2D eigenvalue weighted by atomic mass is 10.1. The molecule has 5 nitrogen and oxygen atoms in total. The Kier molecular flexibility index (Phi) is 6.91. The van der Waals surface area contributed by atoms with Crippen molar-refractivity contribution in [2.45, 2.75) is 19.6 Å². The van der Waals surface area contributed by atoms with Crippen LogP contribution in [0.25, 0.3) is 0 Å². The van der Waals surface area contributed by atoms with Crippen molar-refractivity contribution in [1.82, 2.24) is 5.32 Å². The predicted molar refractivity (Wildman–Crippen MR) is 113 cm³/mol. The molecule has 30 heavy (non-hydrogen) atoms. The van der Waals surface area contributed by atoms with E-state index in [9.17, 15) is 9.18 Å². The van der Waals surface area contributed by atoms with Gasteiger partial charge in [-0.1, -0.05) is 36.4 Å². The summed E-state index contributed by atoms with van der Waals surface area (Å²) in [6.45, 7) is 2.18. The van der Waals surface area contributed by atoms with Crippen LogP contribution >= 0.6 is 0 Å². The first-order valence-corrected chi connectivity index (χ1v) is 9.51. The van der Waals surface area contributed by atoms with E-state index in [1.165, 1.54) is 26.4 Å². The molecule has 3 rings (SSSR count). The van der Waals surface area contributed by atoms with Crippen molar-refractivity contribution < 1.29 is 23.4 Å². The van der Waals surface area contributed by atoms with E-state index >= 15 is 0 Å². The summed E-state index contributed by atoms with van der Waals surface area (Å²) in [5.41, 5.74) is 2.08. The molecule has 1 amide bonds. The number of hydrogen-bond acceptors (Lipinski definition) is 4. The Labute approximate surface area is 175 Å². The van der Waals surface area contributed by atoms with Crippen molar-refractivity contribution in [3.8, 4) is 17.2 Å². The van der Waals surface area contributed by atoms with Gasteiger partial charge in [0.2, 0.25) is 0 Å². The van der Waals surface area contributed by atoms with Gasteiger partial charge in [0.05, 0.1) is 20.3 Å². The van der Waals surface area contributed by atoms with E-state index < -0.39 is 11.9 Å². The Morgan fingerprint density at radius 2 is 1.63 bits per heavy atom. The Morgan fingerprint density at radius 1 is 0.933 bits per heavy atom. The van der Waals surface area contributed by atoms with Gasteiger partial charge in [-0.25, -0.2) is 4.39 Å². The van der Waals surface area contributed by atoms with Gasteiger partial charge in [0, 0.05) is 5.56 Å². The minimum atomic E-state index is -0.474. The fourth-order valence-electron chi connectivity index (χ4n) is 2.98. The number of ether oxygens (including phenoxy) is 3. The fraction of sp³-hybridized carbons (Fsp3) is 0.208. The van der Waals surface area contributed by atoms with Gasteiger partial charge in [-0.3, -0.25) is 4.79 Å². The summed E-state index contributed by atoms with van der Waals surface area (Å²) in [7, 11) is 2.93. The van der Waals surface area contributed by atoms with E-state index in [0.717, 1.165) is 5.56 Å². The Morgan fingerprint density at radius 3 is 2.30 bits per heavy atom. The van der Waals surface area contributed by atoms with E-state index in [2.05, 4.69) is 5.32 Å². The molecule has 0 aliphatic rings. The van der Waals surface area contributed by atoms with Crippen LogP contribution in [0.3, 0.4) is 0 Å². The van der Waals surface area contributed by atoms with Crippen LogP contribution in [0, 0.1) is 5.82 Å². The minimum Gasteiger partial charge on any atom is -0.494 e. The molecular weight excluding hydrogens is 385 g/mol. The molecule has 1 N–H and O–H groups in total. The van der Waals surface area contributed by atoms with Crippen LogP contribution < -0.4 is 19.5 Å². The zero-order valence-corrected chi connectivity index (χ0v) is 17.1. The average molecular weight is 409 g/mol. The molecule has 0 radical (unpaired) electrons. The summed E-state index contributed by atoms with van der Waals surface area (Å²) in [6, 6.07) is 19.0. The second-order valence-electron chi connectivity index (χ2n) is 6.73. The first kappa shape index (κ1) is 21.2. The molecule has 0 fully saturated rings. The molecule has 0 aliphatic carbocycles. The van der Waals surface area contributed by atoms with Gasteiger partial charge in [0.15, 0.2) is 23.1 Å². The lowest BCUT2D eigenvalue weighted by molar-refractivity contribution is 0.0939. The zero-order valence-electron chi connectivity index (χ0n) is 17.1. The maximum Gasteiger partial charge on any atom is 0.251 e. The Balaban J connectivity index is 1.69. The molecule has 0 aromatic heterocycles. The number of nitrogens with one attached hydrogen (secondary N) is 1. The number of methoxy groups -OCH3 is 2. The third-order valence-electron chi connectivity index (χ3n) is 4.69. The highest BCUT2D eigenvalue weighted by Gasteiger charge is 2.16.